The Balaban J connectivity index is 4.63. The quantitative estimate of drug-likeness (QED) is 0.396. The Bertz CT molecular complexity index is 298. The van der Waals surface area contributed by atoms with E-state index in [1.807, 2.05) is 13.8 Å². The third-order valence-corrected chi connectivity index (χ3v) is 7.51. The predicted octanol–water partition coefficient (Wildman–Crippen LogP) is 4.26. The topological polar surface area (TPSA) is 71.1 Å². The van der Waals surface area contributed by atoms with E-state index < -0.39 is 15.2 Å². The molecule has 116 valence electrons. The lowest BCUT2D eigenvalue weighted by Gasteiger charge is -2.22. The molecule has 0 aliphatic rings. The third-order valence-electron chi connectivity index (χ3n) is 2.47. The minimum Gasteiger partial charge on any atom is -0.311 e. The van der Waals surface area contributed by atoms with Crippen molar-refractivity contribution in [3.8, 4) is 0 Å². The van der Waals surface area contributed by atoms with Crippen molar-refractivity contribution >= 4 is 15.2 Å². The van der Waals surface area contributed by atoms with Crippen LogP contribution in [0.2, 0.25) is 0 Å². The van der Waals surface area contributed by atoms with Gasteiger partial charge in [0.25, 0.3) is 0 Å². The largest absolute Gasteiger partial charge is 0.342 e. The Morgan fingerprint density at radius 2 is 1.21 bits per heavy atom. The normalized spacial score (nSPS) is 12.8. The van der Waals surface area contributed by atoms with Gasteiger partial charge in [-0.2, -0.15) is 0 Å². The predicted molar refractivity (Wildman–Crippen MR) is 75.8 cm³/mol. The fourth-order valence-corrected chi connectivity index (χ4v) is 5.53. The average Bonchev–Trinajstić information content (AvgIpc) is 2.39. The van der Waals surface area contributed by atoms with E-state index >= 15 is 0 Å². The molecule has 0 saturated carbocycles. The molecule has 6 nitrogen and oxygen atoms in total. The first-order valence-corrected chi connectivity index (χ1v) is 9.99. The Hall–Kier alpha value is 0.300. The van der Waals surface area contributed by atoms with E-state index in [0.717, 1.165) is 25.7 Å². The van der Waals surface area contributed by atoms with Crippen molar-refractivity contribution in [3.05, 3.63) is 0 Å². The molecular formula is C11H26O6P2. The average molecular weight is 316 g/mol. The lowest BCUT2D eigenvalue weighted by molar-refractivity contribution is 0.199. The van der Waals surface area contributed by atoms with Crippen LogP contribution in [0, 0.1) is 0 Å². The van der Waals surface area contributed by atoms with Crippen LogP contribution in [0.25, 0.3) is 0 Å². The highest BCUT2D eigenvalue weighted by molar-refractivity contribution is 7.71. The Morgan fingerprint density at radius 1 is 0.789 bits per heavy atom. The summed E-state index contributed by atoms with van der Waals surface area (Å²) >= 11 is 0. The van der Waals surface area contributed by atoms with Crippen molar-refractivity contribution < 1.29 is 27.2 Å². The molecular weight excluding hydrogens is 290 g/mol. The molecule has 0 saturated heterocycles. The Morgan fingerprint density at radius 3 is 1.53 bits per heavy atom. The second-order valence-electron chi connectivity index (χ2n) is 4.10. The van der Waals surface area contributed by atoms with Crippen molar-refractivity contribution in [2.24, 2.45) is 0 Å². The molecule has 0 rings (SSSR count). The molecule has 0 aromatic heterocycles. The van der Waals surface area contributed by atoms with Crippen LogP contribution < -0.4 is 0 Å². The highest BCUT2D eigenvalue weighted by atomic mass is 31.2. The molecule has 0 atom stereocenters. The van der Waals surface area contributed by atoms with Crippen molar-refractivity contribution in [2.75, 3.05) is 33.3 Å². The summed E-state index contributed by atoms with van der Waals surface area (Å²) in [6.45, 7) is 4.63. The molecule has 0 spiro atoms. The van der Waals surface area contributed by atoms with Gasteiger partial charge in [-0.3, -0.25) is 9.13 Å². The van der Waals surface area contributed by atoms with Gasteiger partial charge >= 0.3 is 15.2 Å². The number of rotatable bonds is 12. The van der Waals surface area contributed by atoms with Crippen LogP contribution in [0.1, 0.15) is 39.5 Å². The van der Waals surface area contributed by atoms with Crippen molar-refractivity contribution in [2.45, 2.75) is 39.5 Å². The summed E-state index contributed by atoms with van der Waals surface area (Å²) in [5, 5.41) is 0. The third kappa shape index (κ3) is 8.23. The van der Waals surface area contributed by atoms with Gasteiger partial charge in [0.15, 0.2) is 5.90 Å². The van der Waals surface area contributed by atoms with Gasteiger partial charge in [-0.15, -0.1) is 0 Å². The molecule has 0 N–H and O–H groups in total. The van der Waals surface area contributed by atoms with Gasteiger partial charge in [-0.1, -0.05) is 26.7 Å². The molecule has 0 bridgehead atoms. The Labute approximate surface area is 116 Å². The van der Waals surface area contributed by atoms with E-state index in [1.54, 1.807) is 0 Å². The SMILES string of the molecule is CCCCOP(=O)(CP(=O)(OC)OC)OCCCC. The van der Waals surface area contributed by atoms with E-state index in [-0.39, 0.29) is 5.90 Å². The smallest absolute Gasteiger partial charge is 0.311 e. The summed E-state index contributed by atoms with van der Waals surface area (Å²) < 4.78 is 44.8. The molecule has 0 unspecified atom stereocenters. The molecule has 19 heavy (non-hydrogen) atoms. The summed E-state index contributed by atoms with van der Waals surface area (Å²) in [7, 11) is -4.35. The van der Waals surface area contributed by atoms with Gasteiger partial charge in [-0.25, -0.2) is 0 Å². The standard InChI is InChI=1S/C11H26O6P2/c1-5-7-9-16-19(13,17-10-8-6-2)11-18(12,14-3)15-4/h5-11H2,1-4H3. The van der Waals surface area contributed by atoms with Crippen LogP contribution in [0.3, 0.4) is 0 Å². The van der Waals surface area contributed by atoms with Gasteiger partial charge in [0.1, 0.15) is 0 Å². The second kappa shape index (κ2) is 10.1. The van der Waals surface area contributed by atoms with E-state index in [4.69, 9.17) is 18.1 Å². The van der Waals surface area contributed by atoms with Gasteiger partial charge in [0.2, 0.25) is 0 Å². The summed E-state index contributed by atoms with van der Waals surface area (Å²) in [4.78, 5) is 0. The molecule has 0 heterocycles. The molecule has 0 aliphatic heterocycles. The molecule has 0 amide bonds. The molecule has 8 heteroatoms. The van der Waals surface area contributed by atoms with Crippen molar-refractivity contribution in [3.63, 3.8) is 0 Å². The van der Waals surface area contributed by atoms with Gasteiger partial charge < -0.3 is 18.1 Å². The lowest BCUT2D eigenvalue weighted by Crippen LogP contribution is -2.05. The number of hydrogen-bond donors (Lipinski definition) is 0. The fourth-order valence-electron chi connectivity index (χ4n) is 1.22. The Kier molecular flexibility index (Phi) is 10.2. The fraction of sp³-hybridized carbons (Fsp3) is 1.00. The first-order chi connectivity index (χ1) is 8.95. The van der Waals surface area contributed by atoms with E-state index in [1.165, 1.54) is 14.2 Å². The zero-order chi connectivity index (χ0) is 14.8. The lowest BCUT2D eigenvalue weighted by atomic mass is 10.4. The molecule has 0 aliphatic carbocycles. The van der Waals surface area contributed by atoms with Crippen LogP contribution >= 0.6 is 15.2 Å². The van der Waals surface area contributed by atoms with Crippen LogP contribution in [0.5, 0.6) is 0 Å². The van der Waals surface area contributed by atoms with E-state index in [2.05, 4.69) is 0 Å². The van der Waals surface area contributed by atoms with Crippen LogP contribution in [0.15, 0.2) is 0 Å². The van der Waals surface area contributed by atoms with E-state index in [0.29, 0.717) is 13.2 Å². The summed E-state index contributed by atoms with van der Waals surface area (Å²) in [5.74, 6) is -0.347. The number of unbranched alkanes of at least 4 members (excludes halogenated alkanes) is 2. The maximum absolute atomic E-state index is 12.5. The first-order valence-electron chi connectivity index (χ1n) is 6.54. The van der Waals surface area contributed by atoms with Crippen molar-refractivity contribution in [1.82, 2.24) is 0 Å². The zero-order valence-electron chi connectivity index (χ0n) is 12.3. The van der Waals surface area contributed by atoms with Gasteiger partial charge in [0, 0.05) is 14.2 Å². The molecule has 0 fully saturated rings. The second-order valence-corrected chi connectivity index (χ2v) is 8.92. The van der Waals surface area contributed by atoms with Crippen molar-refractivity contribution in [1.29, 1.82) is 0 Å². The summed E-state index contributed by atoms with van der Waals surface area (Å²) in [6.07, 6.45) is 3.37. The highest BCUT2D eigenvalue weighted by Crippen LogP contribution is 2.63. The highest BCUT2D eigenvalue weighted by Gasteiger charge is 2.37. The minimum absolute atomic E-state index is 0.313. The first kappa shape index (κ1) is 19.3. The van der Waals surface area contributed by atoms with E-state index in [9.17, 15) is 9.13 Å². The van der Waals surface area contributed by atoms with Gasteiger partial charge in [0.05, 0.1) is 13.2 Å². The molecule has 0 aromatic rings. The van der Waals surface area contributed by atoms with Crippen LogP contribution in [-0.4, -0.2) is 33.3 Å². The molecule has 0 radical (unpaired) electrons. The number of hydrogen-bond acceptors (Lipinski definition) is 6. The minimum atomic E-state index is -3.45. The maximum Gasteiger partial charge on any atom is 0.342 e. The van der Waals surface area contributed by atoms with Crippen LogP contribution in [0.4, 0.5) is 0 Å². The van der Waals surface area contributed by atoms with Gasteiger partial charge in [-0.05, 0) is 12.8 Å². The molecule has 0 aromatic carbocycles. The summed E-state index contributed by atoms with van der Waals surface area (Å²) in [6, 6.07) is 0. The summed E-state index contributed by atoms with van der Waals surface area (Å²) in [5.41, 5.74) is 0. The van der Waals surface area contributed by atoms with Crippen LogP contribution in [-0.2, 0) is 27.2 Å². The maximum atomic E-state index is 12.5. The monoisotopic (exact) mass is 316 g/mol. The zero-order valence-corrected chi connectivity index (χ0v) is 14.1.